The summed E-state index contributed by atoms with van der Waals surface area (Å²) < 4.78 is 21.6. The van der Waals surface area contributed by atoms with Crippen LogP contribution in [0.2, 0.25) is 0 Å². The van der Waals surface area contributed by atoms with Crippen LogP contribution in [0.15, 0.2) is 0 Å². The van der Waals surface area contributed by atoms with Crippen molar-refractivity contribution in [1.29, 1.82) is 0 Å². The summed E-state index contributed by atoms with van der Waals surface area (Å²) in [5, 5.41) is 4.96. The van der Waals surface area contributed by atoms with Crippen molar-refractivity contribution in [1.82, 2.24) is 4.90 Å². The van der Waals surface area contributed by atoms with Gasteiger partial charge in [0.1, 0.15) is 0 Å². The Morgan fingerprint density at radius 1 is 1.27 bits per heavy atom. The molecule has 0 unspecified atom stereocenters. The lowest BCUT2D eigenvalue weighted by molar-refractivity contribution is 0.192. The first-order valence-electron chi connectivity index (χ1n) is 5.35. The molecule has 0 saturated heterocycles. The molecule has 6 heteroatoms. The first-order chi connectivity index (χ1) is 6.88. The van der Waals surface area contributed by atoms with Crippen LogP contribution in [0.4, 0.5) is 0 Å². The molecule has 0 radical (unpaired) electrons. The van der Waals surface area contributed by atoms with Gasteiger partial charge in [-0.15, -0.1) is 0 Å². The number of nitrogens with two attached hydrogens (primary N) is 2. The minimum Gasteiger partial charge on any atom is -0.328 e. The van der Waals surface area contributed by atoms with Gasteiger partial charge in [0.15, 0.2) is 0 Å². The van der Waals surface area contributed by atoms with Crippen LogP contribution in [-0.2, 0) is 10.0 Å². The average Bonchev–Trinajstić information content (AvgIpc) is 2.14. The first kappa shape index (κ1) is 12.9. The van der Waals surface area contributed by atoms with Crippen molar-refractivity contribution in [2.75, 3.05) is 19.3 Å². The monoisotopic (exact) mass is 235 g/mol. The van der Waals surface area contributed by atoms with E-state index in [4.69, 9.17) is 10.9 Å². The van der Waals surface area contributed by atoms with E-state index in [1.54, 1.807) is 0 Å². The summed E-state index contributed by atoms with van der Waals surface area (Å²) in [5.41, 5.74) is 5.81. The second-order valence-electron chi connectivity index (χ2n) is 4.42. The van der Waals surface area contributed by atoms with Crippen LogP contribution in [0, 0.1) is 0 Å². The third-order valence-electron chi connectivity index (χ3n) is 3.09. The van der Waals surface area contributed by atoms with Crippen LogP contribution in [0.3, 0.4) is 0 Å². The zero-order chi connectivity index (χ0) is 11.5. The van der Waals surface area contributed by atoms with E-state index in [9.17, 15) is 8.42 Å². The summed E-state index contributed by atoms with van der Waals surface area (Å²) >= 11 is 0. The smallest absolute Gasteiger partial charge is 0.210 e. The van der Waals surface area contributed by atoms with Crippen LogP contribution in [0.5, 0.6) is 0 Å². The summed E-state index contributed by atoms with van der Waals surface area (Å²) in [4.78, 5) is 2.08. The highest BCUT2D eigenvalue weighted by Crippen LogP contribution is 2.20. The number of hydrogen-bond acceptors (Lipinski definition) is 4. The maximum atomic E-state index is 10.8. The van der Waals surface area contributed by atoms with Gasteiger partial charge in [0.05, 0.1) is 5.75 Å². The Bertz CT molecular complexity index is 284. The molecule has 1 saturated carbocycles. The average molecular weight is 235 g/mol. The first-order valence-corrected chi connectivity index (χ1v) is 7.06. The highest BCUT2D eigenvalue weighted by molar-refractivity contribution is 7.89. The molecule has 0 bridgehead atoms. The fourth-order valence-corrected chi connectivity index (χ4v) is 2.54. The van der Waals surface area contributed by atoms with Gasteiger partial charge in [-0.25, -0.2) is 13.6 Å². The molecular weight excluding hydrogens is 214 g/mol. The standard InChI is InChI=1S/C9H21N3O2S/c1-12(6-7-15(11,13)14)9-4-2-8(10)3-5-9/h8-9H,2-7,10H2,1H3,(H2,11,13,14). The van der Waals surface area contributed by atoms with E-state index in [-0.39, 0.29) is 5.75 Å². The molecule has 1 aliphatic rings. The zero-order valence-corrected chi connectivity index (χ0v) is 10.0. The molecule has 0 atom stereocenters. The largest absolute Gasteiger partial charge is 0.328 e. The Balaban J connectivity index is 2.31. The van der Waals surface area contributed by atoms with Gasteiger partial charge in [-0.05, 0) is 32.7 Å². The van der Waals surface area contributed by atoms with E-state index in [2.05, 4.69) is 4.90 Å². The van der Waals surface area contributed by atoms with Crippen LogP contribution in [-0.4, -0.2) is 44.7 Å². The zero-order valence-electron chi connectivity index (χ0n) is 9.22. The van der Waals surface area contributed by atoms with Crippen molar-refractivity contribution in [2.24, 2.45) is 10.9 Å². The summed E-state index contributed by atoms with van der Waals surface area (Å²) in [6.07, 6.45) is 4.18. The molecule has 5 nitrogen and oxygen atoms in total. The number of sulfonamides is 1. The molecule has 1 fully saturated rings. The number of nitrogens with zero attached hydrogens (tertiary/aromatic N) is 1. The van der Waals surface area contributed by atoms with Crippen molar-refractivity contribution in [3.8, 4) is 0 Å². The molecule has 90 valence electrons. The fraction of sp³-hybridized carbons (Fsp3) is 1.00. The Morgan fingerprint density at radius 2 is 1.80 bits per heavy atom. The molecule has 0 aromatic rings. The molecule has 0 aliphatic heterocycles. The van der Waals surface area contributed by atoms with Gasteiger partial charge in [0.2, 0.25) is 10.0 Å². The maximum absolute atomic E-state index is 10.8. The van der Waals surface area contributed by atoms with Gasteiger partial charge in [-0.2, -0.15) is 0 Å². The summed E-state index contributed by atoms with van der Waals surface area (Å²) in [7, 11) is -1.38. The lowest BCUT2D eigenvalue weighted by atomic mass is 9.91. The van der Waals surface area contributed by atoms with Crippen LogP contribution >= 0.6 is 0 Å². The minimum atomic E-state index is -3.33. The summed E-state index contributed by atoms with van der Waals surface area (Å²) in [5.74, 6) is 0.0338. The molecule has 4 N–H and O–H groups in total. The van der Waals surface area contributed by atoms with Gasteiger partial charge in [-0.3, -0.25) is 0 Å². The van der Waals surface area contributed by atoms with Gasteiger partial charge >= 0.3 is 0 Å². The third-order valence-corrected chi connectivity index (χ3v) is 3.84. The highest BCUT2D eigenvalue weighted by atomic mass is 32.2. The van der Waals surface area contributed by atoms with Crippen molar-refractivity contribution >= 4 is 10.0 Å². The van der Waals surface area contributed by atoms with Crippen LogP contribution < -0.4 is 10.9 Å². The van der Waals surface area contributed by atoms with E-state index in [1.807, 2.05) is 7.05 Å². The lowest BCUT2D eigenvalue weighted by Gasteiger charge is -2.33. The van der Waals surface area contributed by atoms with Gasteiger partial charge in [-0.1, -0.05) is 0 Å². The fourth-order valence-electron chi connectivity index (χ4n) is 2.00. The SMILES string of the molecule is CN(CCS(N)(=O)=O)C1CCC(N)CC1. The number of rotatable bonds is 4. The molecule has 0 heterocycles. The minimum absolute atomic E-state index is 0.0338. The highest BCUT2D eigenvalue weighted by Gasteiger charge is 2.22. The van der Waals surface area contributed by atoms with E-state index < -0.39 is 10.0 Å². The van der Waals surface area contributed by atoms with E-state index in [1.165, 1.54) is 0 Å². The number of primary sulfonamides is 1. The quantitative estimate of drug-likeness (QED) is 0.686. The molecule has 0 aromatic carbocycles. The van der Waals surface area contributed by atoms with Crippen molar-refractivity contribution < 1.29 is 8.42 Å². The van der Waals surface area contributed by atoms with Crippen molar-refractivity contribution in [2.45, 2.75) is 37.8 Å². The number of hydrogen-bond donors (Lipinski definition) is 2. The lowest BCUT2D eigenvalue weighted by Crippen LogP contribution is -2.41. The van der Waals surface area contributed by atoms with Gasteiger partial charge in [0, 0.05) is 18.6 Å². The van der Waals surface area contributed by atoms with Crippen LogP contribution in [0.25, 0.3) is 0 Å². The second kappa shape index (κ2) is 5.25. The molecular formula is C9H21N3O2S. The molecule has 15 heavy (non-hydrogen) atoms. The Labute approximate surface area is 91.9 Å². The molecule has 1 aliphatic carbocycles. The molecule has 1 rings (SSSR count). The molecule has 0 aromatic heterocycles. The van der Waals surface area contributed by atoms with Crippen LogP contribution in [0.1, 0.15) is 25.7 Å². The second-order valence-corrected chi connectivity index (χ2v) is 6.15. The summed E-state index contributed by atoms with van der Waals surface area (Å²) in [6.45, 7) is 0.513. The Kier molecular flexibility index (Phi) is 4.51. The van der Waals surface area contributed by atoms with E-state index in [0.29, 0.717) is 18.6 Å². The van der Waals surface area contributed by atoms with Gasteiger partial charge in [0.25, 0.3) is 0 Å². The van der Waals surface area contributed by atoms with E-state index >= 15 is 0 Å². The third kappa shape index (κ3) is 4.92. The predicted molar refractivity (Wildman–Crippen MR) is 60.8 cm³/mol. The van der Waals surface area contributed by atoms with Crippen molar-refractivity contribution in [3.63, 3.8) is 0 Å². The Hall–Kier alpha value is -0.170. The molecule has 0 spiro atoms. The summed E-state index contributed by atoms with van der Waals surface area (Å²) in [6, 6.07) is 0.791. The van der Waals surface area contributed by atoms with Gasteiger partial charge < -0.3 is 10.6 Å². The maximum Gasteiger partial charge on any atom is 0.210 e. The normalized spacial score (nSPS) is 28.3. The topological polar surface area (TPSA) is 89.4 Å². The predicted octanol–water partition coefficient (Wildman–Crippen LogP) is -0.523. The molecule has 0 amide bonds. The van der Waals surface area contributed by atoms with Crippen molar-refractivity contribution in [3.05, 3.63) is 0 Å². The Morgan fingerprint density at radius 3 is 2.27 bits per heavy atom. The van der Waals surface area contributed by atoms with E-state index in [0.717, 1.165) is 25.7 Å².